The Morgan fingerprint density at radius 2 is 2.07 bits per heavy atom. The number of nitrogens with zero attached hydrogens (tertiary/aromatic N) is 2. The highest BCUT2D eigenvalue weighted by Crippen LogP contribution is 2.27. The first-order valence-electron chi connectivity index (χ1n) is 8.72. The molecule has 1 fully saturated rings. The average Bonchev–Trinajstić information content (AvgIpc) is 2.90. The Balaban J connectivity index is 1.86. The fourth-order valence-corrected chi connectivity index (χ4v) is 3.10. The predicted octanol–water partition coefficient (Wildman–Crippen LogP) is 1.28. The number of urea groups is 1. The summed E-state index contributed by atoms with van der Waals surface area (Å²) < 4.78 is 5.01. The minimum atomic E-state index is -0.716. The summed E-state index contributed by atoms with van der Waals surface area (Å²) in [5.74, 6) is -0.754. The Kier molecular flexibility index (Phi) is 5.73. The number of rotatable bonds is 4. The summed E-state index contributed by atoms with van der Waals surface area (Å²) >= 11 is 0. The first kappa shape index (κ1) is 19.2. The summed E-state index contributed by atoms with van der Waals surface area (Å²) in [6.45, 7) is 0.687. The van der Waals surface area contributed by atoms with Gasteiger partial charge in [0.25, 0.3) is 5.91 Å². The molecule has 1 saturated heterocycles. The van der Waals surface area contributed by atoms with E-state index >= 15 is 0 Å². The van der Waals surface area contributed by atoms with Crippen molar-refractivity contribution in [3.8, 4) is 5.88 Å². The normalized spacial score (nSPS) is 16.7. The molecule has 1 aromatic carbocycles. The Labute approximate surface area is 161 Å². The van der Waals surface area contributed by atoms with E-state index in [1.807, 2.05) is 30.3 Å². The molecule has 3 rings (SSSR count). The molecule has 1 atom stereocenters. The third-order valence-electron chi connectivity index (χ3n) is 4.44. The molecule has 1 aromatic heterocycles. The van der Waals surface area contributed by atoms with Gasteiger partial charge in [-0.2, -0.15) is 0 Å². The van der Waals surface area contributed by atoms with Crippen LogP contribution in [0.1, 0.15) is 28.4 Å². The number of ether oxygens (including phenoxy) is 1. The minimum absolute atomic E-state index is 0.0626. The number of nitrogens with two attached hydrogens (primary N) is 1. The van der Waals surface area contributed by atoms with Crippen molar-refractivity contribution >= 4 is 23.5 Å². The third kappa shape index (κ3) is 4.20. The molecule has 1 aliphatic heterocycles. The highest BCUT2D eigenvalue weighted by Gasteiger charge is 2.30. The lowest BCUT2D eigenvalue weighted by atomic mass is 10.0. The van der Waals surface area contributed by atoms with Crippen molar-refractivity contribution in [3.05, 3.63) is 53.7 Å². The lowest BCUT2D eigenvalue weighted by Gasteiger charge is -2.29. The van der Waals surface area contributed by atoms with Crippen molar-refractivity contribution in [1.82, 2.24) is 15.2 Å². The van der Waals surface area contributed by atoms with Crippen LogP contribution in [0.5, 0.6) is 5.88 Å². The van der Waals surface area contributed by atoms with Gasteiger partial charge in [-0.1, -0.05) is 30.3 Å². The maximum Gasteiger partial charge on any atom is 0.322 e. The molecule has 28 heavy (non-hydrogen) atoms. The zero-order valence-electron chi connectivity index (χ0n) is 15.3. The molecule has 0 aliphatic carbocycles. The standard InChI is InChI=1S/C19H21N5O4/c1-28-18-14(17(20)26)9-13(11-22-18)23-19(27)24-8-7-21-16(25)10-15(24)12-5-3-2-4-6-12/h2-6,9,11,15H,7-8,10H2,1H3,(H2,20,26)(H,21,25)(H,23,27). The lowest BCUT2D eigenvalue weighted by Crippen LogP contribution is -2.39. The van der Waals surface area contributed by atoms with Gasteiger partial charge >= 0.3 is 6.03 Å². The fraction of sp³-hybridized carbons (Fsp3) is 0.263. The number of primary amides is 1. The van der Waals surface area contributed by atoms with Crippen LogP contribution in [-0.2, 0) is 4.79 Å². The Bertz CT molecular complexity index is 887. The summed E-state index contributed by atoms with van der Waals surface area (Å²) in [7, 11) is 1.37. The second-order valence-electron chi connectivity index (χ2n) is 6.25. The monoisotopic (exact) mass is 383 g/mol. The quantitative estimate of drug-likeness (QED) is 0.733. The van der Waals surface area contributed by atoms with Crippen LogP contribution in [0, 0.1) is 0 Å². The number of methoxy groups -OCH3 is 1. The van der Waals surface area contributed by atoms with Gasteiger partial charge in [0.05, 0.1) is 31.5 Å². The molecule has 4 amide bonds. The smallest absolute Gasteiger partial charge is 0.322 e. The topological polar surface area (TPSA) is 127 Å². The van der Waals surface area contributed by atoms with Gasteiger partial charge in [0.1, 0.15) is 5.56 Å². The van der Waals surface area contributed by atoms with Gasteiger partial charge < -0.3 is 26.0 Å². The molecule has 1 unspecified atom stereocenters. The highest BCUT2D eigenvalue weighted by molar-refractivity contribution is 5.97. The molecule has 2 heterocycles. The number of hydrogen-bond donors (Lipinski definition) is 3. The Morgan fingerprint density at radius 3 is 2.75 bits per heavy atom. The van der Waals surface area contributed by atoms with E-state index in [9.17, 15) is 14.4 Å². The zero-order chi connectivity index (χ0) is 20.1. The fourth-order valence-electron chi connectivity index (χ4n) is 3.10. The lowest BCUT2D eigenvalue weighted by molar-refractivity contribution is -0.121. The van der Waals surface area contributed by atoms with Crippen LogP contribution in [0.25, 0.3) is 0 Å². The van der Waals surface area contributed by atoms with Crippen molar-refractivity contribution < 1.29 is 19.1 Å². The maximum atomic E-state index is 12.9. The molecule has 0 saturated carbocycles. The second-order valence-corrected chi connectivity index (χ2v) is 6.25. The number of pyridine rings is 1. The van der Waals surface area contributed by atoms with E-state index in [-0.39, 0.29) is 23.8 Å². The van der Waals surface area contributed by atoms with Crippen LogP contribution < -0.4 is 21.1 Å². The second kappa shape index (κ2) is 8.38. The first-order chi connectivity index (χ1) is 13.5. The Morgan fingerprint density at radius 1 is 1.32 bits per heavy atom. The number of amides is 4. The summed E-state index contributed by atoms with van der Waals surface area (Å²) in [5.41, 5.74) is 6.56. The molecule has 4 N–H and O–H groups in total. The molecule has 9 heteroatoms. The minimum Gasteiger partial charge on any atom is -0.480 e. The van der Waals surface area contributed by atoms with Gasteiger partial charge in [-0.3, -0.25) is 9.59 Å². The van der Waals surface area contributed by atoms with E-state index in [0.717, 1.165) is 5.56 Å². The van der Waals surface area contributed by atoms with Gasteiger partial charge in [-0.15, -0.1) is 0 Å². The van der Waals surface area contributed by atoms with E-state index in [1.165, 1.54) is 19.4 Å². The molecule has 0 bridgehead atoms. The largest absolute Gasteiger partial charge is 0.480 e. The SMILES string of the molecule is COc1ncc(NC(=O)N2CCNC(=O)CC2c2ccccc2)cc1C(N)=O. The van der Waals surface area contributed by atoms with E-state index in [1.54, 1.807) is 4.90 Å². The maximum absolute atomic E-state index is 12.9. The first-order valence-corrected chi connectivity index (χ1v) is 8.72. The predicted molar refractivity (Wildman–Crippen MR) is 102 cm³/mol. The number of carbonyl (C=O) groups is 3. The van der Waals surface area contributed by atoms with Gasteiger partial charge in [-0.25, -0.2) is 9.78 Å². The number of anilines is 1. The van der Waals surface area contributed by atoms with Crippen molar-refractivity contribution in [2.75, 3.05) is 25.5 Å². The van der Waals surface area contributed by atoms with Gasteiger partial charge in [-0.05, 0) is 11.6 Å². The molecule has 0 radical (unpaired) electrons. The summed E-state index contributed by atoms with van der Waals surface area (Å²) in [6.07, 6.45) is 1.53. The van der Waals surface area contributed by atoms with Crippen molar-refractivity contribution in [1.29, 1.82) is 0 Å². The summed E-state index contributed by atoms with van der Waals surface area (Å²) in [4.78, 5) is 42.1. The molecular weight excluding hydrogens is 362 g/mol. The molecular formula is C19H21N5O4. The van der Waals surface area contributed by atoms with Gasteiger partial charge in [0.15, 0.2) is 0 Å². The van der Waals surface area contributed by atoms with Gasteiger partial charge in [0.2, 0.25) is 11.8 Å². The molecule has 2 aromatic rings. The third-order valence-corrected chi connectivity index (χ3v) is 4.44. The van der Waals surface area contributed by atoms with E-state index in [2.05, 4.69) is 15.6 Å². The van der Waals surface area contributed by atoms with Crippen molar-refractivity contribution in [2.45, 2.75) is 12.5 Å². The van der Waals surface area contributed by atoms with Crippen LogP contribution in [-0.4, -0.2) is 47.9 Å². The number of carbonyl (C=O) groups excluding carboxylic acids is 3. The average molecular weight is 383 g/mol. The van der Waals surface area contributed by atoms with E-state index in [0.29, 0.717) is 18.8 Å². The molecule has 9 nitrogen and oxygen atoms in total. The van der Waals surface area contributed by atoms with Crippen molar-refractivity contribution in [2.24, 2.45) is 5.73 Å². The van der Waals surface area contributed by atoms with E-state index < -0.39 is 18.0 Å². The van der Waals surface area contributed by atoms with Crippen LogP contribution in [0.3, 0.4) is 0 Å². The summed E-state index contributed by atoms with van der Waals surface area (Å²) in [6, 6.07) is 9.94. The number of benzene rings is 1. The van der Waals surface area contributed by atoms with Crippen LogP contribution in [0.2, 0.25) is 0 Å². The van der Waals surface area contributed by atoms with E-state index in [4.69, 9.17) is 10.5 Å². The van der Waals surface area contributed by atoms with Gasteiger partial charge in [0, 0.05) is 13.1 Å². The molecule has 0 spiro atoms. The van der Waals surface area contributed by atoms with Crippen LogP contribution in [0.15, 0.2) is 42.6 Å². The van der Waals surface area contributed by atoms with Crippen LogP contribution >= 0.6 is 0 Å². The summed E-state index contributed by atoms with van der Waals surface area (Å²) in [5, 5.41) is 5.50. The van der Waals surface area contributed by atoms with Crippen LogP contribution in [0.4, 0.5) is 10.5 Å². The number of hydrogen-bond acceptors (Lipinski definition) is 5. The zero-order valence-corrected chi connectivity index (χ0v) is 15.3. The highest BCUT2D eigenvalue weighted by atomic mass is 16.5. The Hall–Kier alpha value is -3.62. The number of nitrogens with one attached hydrogen (secondary N) is 2. The van der Waals surface area contributed by atoms with Crippen molar-refractivity contribution in [3.63, 3.8) is 0 Å². The molecule has 1 aliphatic rings. The number of aromatic nitrogens is 1. The molecule has 146 valence electrons.